The number of amides is 2. The number of nitrogens with one attached hydrogen (secondary N) is 1. The van der Waals surface area contributed by atoms with Gasteiger partial charge in [-0.25, -0.2) is 0 Å². The number of nitrogens with zero attached hydrogens (tertiary/aromatic N) is 1. The fraction of sp³-hybridized carbons (Fsp3) is 0.364. The molecule has 0 atom stereocenters. The van der Waals surface area contributed by atoms with Crippen LogP contribution in [-0.2, 0) is 10.2 Å². The summed E-state index contributed by atoms with van der Waals surface area (Å²) in [4.78, 5) is 27.1. The van der Waals surface area contributed by atoms with Crippen LogP contribution >= 0.6 is 11.8 Å². The lowest BCUT2D eigenvalue weighted by Crippen LogP contribution is -2.45. The third-order valence-corrected chi connectivity index (χ3v) is 6.32. The largest absolute Gasteiger partial charge is 0.351 e. The van der Waals surface area contributed by atoms with Crippen molar-refractivity contribution in [1.29, 1.82) is 0 Å². The van der Waals surface area contributed by atoms with Gasteiger partial charge < -0.3 is 10.2 Å². The number of carbonyl (C=O) groups is 2. The van der Waals surface area contributed by atoms with Crippen LogP contribution in [0.25, 0.3) is 0 Å². The van der Waals surface area contributed by atoms with Crippen LogP contribution in [-0.4, -0.2) is 43.1 Å². The Morgan fingerprint density at radius 3 is 2.33 bits per heavy atom. The molecule has 0 unspecified atom stereocenters. The summed E-state index contributed by atoms with van der Waals surface area (Å²) < 4.78 is 0. The van der Waals surface area contributed by atoms with Crippen LogP contribution in [0.2, 0.25) is 0 Å². The lowest BCUT2D eigenvalue weighted by Gasteiger charge is -2.42. The van der Waals surface area contributed by atoms with Crippen molar-refractivity contribution in [2.45, 2.75) is 29.6 Å². The molecule has 3 rings (SSSR count). The molecule has 142 valence electrons. The van der Waals surface area contributed by atoms with Gasteiger partial charge in [0, 0.05) is 31.0 Å². The highest BCUT2D eigenvalue weighted by Gasteiger charge is 2.38. The number of hydrogen-bond donors (Lipinski definition) is 1. The van der Waals surface area contributed by atoms with Crippen molar-refractivity contribution >= 4 is 23.6 Å². The maximum atomic E-state index is 12.8. The first kappa shape index (κ1) is 19.5. The molecule has 0 radical (unpaired) electrons. The van der Waals surface area contributed by atoms with Gasteiger partial charge in [-0.15, -0.1) is 11.8 Å². The lowest BCUT2D eigenvalue weighted by atomic mass is 9.64. The summed E-state index contributed by atoms with van der Waals surface area (Å²) in [6.07, 6.45) is 3.40. The molecule has 4 nitrogen and oxygen atoms in total. The van der Waals surface area contributed by atoms with E-state index in [9.17, 15) is 9.59 Å². The van der Waals surface area contributed by atoms with Gasteiger partial charge in [0.1, 0.15) is 0 Å². The van der Waals surface area contributed by atoms with Gasteiger partial charge in [0.15, 0.2) is 0 Å². The smallest absolute Gasteiger partial charge is 0.252 e. The molecular weight excluding hydrogens is 356 g/mol. The molecule has 5 heteroatoms. The molecule has 1 saturated carbocycles. The van der Waals surface area contributed by atoms with Crippen LogP contribution in [0, 0.1) is 0 Å². The van der Waals surface area contributed by atoms with Gasteiger partial charge in [-0.05, 0) is 30.5 Å². The summed E-state index contributed by atoms with van der Waals surface area (Å²) in [5, 5.41) is 3.14. The number of carbonyl (C=O) groups excluding carboxylic acids is 2. The number of rotatable bonds is 7. The fourth-order valence-electron chi connectivity index (χ4n) is 3.36. The zero-order valence-electron chi connectivity index (χ0n) is 15.9. The van der Waals surface area contributed by atoms with Crippen molar-refractivity contribution < 1.29 is 9.59 Å². The molecular formula is C22H26N2O2S. The second-order valence-electron chi connectivity index (χ2n) is 7.26. The van der Waals surface area contributed by atoms with Crippen LogP contribution in [0.4, 0.5) is 0 Å². The quantitative estimate of drug-likeness (QED) is 0.743. The molecule has 2 amide bonds. The molecule has 0 heterocycles. The summed E-state index contributed by atoms with van der Waals surface area (Å²) in [5.41, 5.74) is 1.99. The van der Waals surface area contributed by atoms with E-state index in [1.807, 2.05) is 30.3 Å². The Bertz CT molecular complexity index is 801. The summed E-state index contributed by atoms with van der Waals surface area (Å²) in [6.45, 7) is 0.644. The van der Waals surface area contributed by atoms with Crippen molar-refractivity contribution in [2.24, 2.45) is 0 Å². The Labute approximate surface area is 165 Å². The minimum atomic E-state index is -0.0717. The Balaban J connectivity index is 1.67. The summed E-state index contributed by atoms with van der Waals surface area (Å²) in [7, 11) is 3.48. The Hall–Kier alpha value is -2.27. The first-order valence-corrected chi connectivity index (χ1v) is 10.3. The molecule has 1 aliphatic rings. The zero-order valence-corrected chi connectivity index (χ0v) is 16.7. The zero-order chi connectivity index (χ0) is 19.3. The molecule has 2 aromatic rings. The standard InChI is InChI=1S/C22H26N2O2S/c1-24(2)20(25)15-27-19-12-7-6-11-18(19)21(26)23-16-22(13-8-14-22)17-9-4-3-5-10-17/h3-7,9-12H,8,13-16H2,1-2H3,(H,23,26). The summed E-state index contributed by atoms with van der Waals surface area (Å²) in [5.74, 6) is 0.288. The Kier molecular flexibility index (Phi) is 6.22. The van der Waals surface area contributed by atoms with Crippen LogP contribution in [0.3, 0.4) is 0 Å². The average Bonchev–Trinajstić information content (AvgIpc) is 2.66. The van der Waals surface area contributed by atoms with E-state index >= 15 is 0 Å². The summed E-state index contributed by atoms with van der Waals surface area (Å²) >= 11 is 1.41. The molecule has 27 heavy (non-hydrogen) atoms. The van der Waals surface area contributed by atoms with E-state index in [0.29, 0.717) is 17.9 Å². The first-order chi connectivity index (χ1) is 13.0. The van der Waals surface area contributed by atoms with Gasteiger partial charge in [-0.2, -0.15) is 0 Å². The normalized spacial score (nSPS) is 14.9. The maximum absolute atomic E-state index is 12.8. The van der Waals surface area contributed by atoms with E-state index in [-0.39, 0.29) is 17.2 Å². The number of thioether (sulfide) groups is 1. The molecule has 0 aliphatic heterocycles. The molecule has 1 N–H and O–H groups in total. The van der Waals surface area contributed by atoms with E-state index < -0.39 is 0 Å². The van der Waals surface area contributed by atoms with Crippen molar-refractivity contribution in [3.05, 3.63) is 65.7 Å². The number of benzene rings is 2. The average molecular weight is 383 g/mol. The third kappa shape index (κ3) is 4.53. The second kappa shape index (κ2) is 8.61. The van der Waals surface area contributed by atoms with Gasteiger partial charge in [0.25, 0.3) is 5.91 Å². The molecule has 0 aromatic heterocycles. The second-order valence-corrected chi connectivity index (χ2v) is 8.27. The molecule has 0 bridgehead atoms. The lowest BCUT2D eigenvalue weighted by molar-refractivity contribution is -0.125. The van der Waals surface area contributed by atoms with E-state index in [1.54, 1.807) is 19.0 Å². The van der Waals surface area contributed by atoms with Crippen LogP contribution in [0.1, 0.15) is 35.2 Å². The molecule has 0 spiro atoms. The minimum Gasteiger partial charge on any atom is -0.351 e. The van der Waals surface area contributed by atoms with E-state index in [0.717, 1.165) is 17.7 Å². The highest BCUT2D eigenvalue weighted by molar-refractivity contribution is 8.00. The predicted molar refractivity (Wildman–Crippen MR) is 110 cm³/mol. The van der Waals surface area contributed by atoms with Crippen molar-refractivity contribution in [3.8, 4) is 0 Å². The Morgan fingerprint density at radius 2 is 1.70 bits per heavy atom. The van der Waals surface area contributed by atoms with Crippen LogP contribution < -0.4 is 5.32 Å². The third-order valence-electron chi connectivity index (χ3n) is 5.27. The molecule has 0 saturated heterocycles. The molecule has 2 aromatic carbocycles. The molecule has 1 fully saturated rings. The first-order valence-electron chi connectivity index (χ1n) is 9.27. The highest BCUT2D eigenvalue weighted by atomic mass is 32.2. The monoisotopic (exact) mass is 382 g/mol. The molecule has 1 aliphatic carbocycles. The van der Waals surface area contributed by atoms with Gasteiger partial charge in [-0.3, -0.25) is 9.59 Å². The Morgan fingerprint density at radius 1 is 1.04 bits per heavy atom. The van der Waals surface area contributed by atoms with Crippen LogP contribution in [0.5, 0.6) is 0 Å². The SMILES string of the molecule is CN(C)C(=O)CSc1ccccc1C(=O)NCC1(c2ccccc2)CCC1. The van der Waals surface area contributed by atoms with E-state index in [4.69, 9.17) is 0 Å². The summed E-state index contributed by atoms with van der Waals surface area (Å²) in [6, 6.07) is 17.9. The van der Waals surface area contributed by atoms with E-state index in [1.165, 1.54) is 23.7 Å². The van der Waals surface area contributed by atoms with Gasteiger partial charge in [0.2, 0.25) is 5.91 Å². The number of hydrogen-bond acceptors (Lipinski definition) is 3. The van der Waals surface area contributed by atoms with Gasteiger partial charge >= 0.3 is 0 Å². The minimum absolute atomic E-state index is 0.0349. The van der Waals surface area contributed by atoms with Gasteiger partial charge in [-0.1, -0.05) is 48.9 Å². The van der Waals surface area contributed by atoms with Crippen molar-refractivity contribution in [1.82, 2.24) is 10.2 Å². The maximum Gasteiger partial charge on any atom is 0.252 e. The fourth-order valence-corrected chi connectivity index (χ4v) is 4.38. The van der Waals surface area contributed by atoms with Crippen molar-refractivity contribution in [3.63, 3.8) is 0 Å². The predicted octanol–water partition coefficient (Wildman–Crippen LogP) is 3.72. The highest BCUT2D eigenvalue weighted by Crippen LogP contribution is 2.43. The topological polar surface area (TPSA) is 49.4 Å². The van der Waals surface area contributed by atoms with Crippen molar-refractivity contribution in [2.75, 3.05) is 26.4 Å². The van der Waals surface area contributed by atoms with E-state index in [2.05, 4.69) is 29.6 Å². The van der Waals surface area contributed by atoms with Gasteiger partial charge in [0.05, 0.1) is 11.3 Å². The van der Waals surface area contributed by atoms with Crippen LogP contribution in [0.15, 0.2) is 59.5 Å².